The fourth-order valence-electron chi connectivity index (χ4n) is 2.63. The molecule has 0 spiro atoms. The quantitative estimate of drug-likeness (QED) is 0.640. The van der Waals surface area contributed by atoms with E-state index < -0.39 is 0 Å². The zero-order valence-electron chi connectivity index (χ0n) is 11.0. The van der Waals surface area contributed by atoms with Gasteiger partial charge in [0.2, 0.25) is 0 Å². The van der Waals surface area contributed by atoms with Gasteiger partial charge in [-0.2, -0.15) is 5.26 Å². The molecule has 1 aromatic heterocycles. The number of halogens is 1. The number of anilines is 1. The average Bonchev–Trinajstić information content (AvgIpc) is 2.49. The molecule has 1 heterocycles. The van der Waals surface area contributed by atoms with Crippen molar-refractivity contribution < 1.29 is 0 Å². The molecule has 5 heteroatoms. The predicted octanol–water partition coefficient (Wildman–Crippen LogP) is 3.66. The molecule has 0 amide bonds. The predicted molar refractivity (Wildman–Crippen MR) is 87.9 cm³/mol. The first-order chi connectivity index (χ1) is 9.76. The van der Waals surface area contributed by atoms with E-state index in [9.17, 15) is 0 Å². The molecule has 1 N–H and O–H groups in total. The summed E-state index contributed by atoms with van der Waals surface area (Å²) in [5.74, 6) is 0.851. The first kappa shape index (κ1) is 13.6. The number of fused-ring (bicyclic) bond motifs is 1. The molecule has 2 aromatic rings. The lowest BCUT2D eigenvalue weighted by Crippen LogP contribution is -2.26. The summed E-state index contributed by atoms with van der Waals surface area (Å²) in [5, 5.41) is 13.5. The molecule has 1 saturated carbocycles. The van der Waals surface area contributed by atoms with Crippen molar-refractivity contribution in [2.75, 3.05) is 5.32 Å². The first-order valence-electron chi connectivity index (χ1n) is 6.82. The van der Waals surface area contributed by atoms with Gasteiger partial charge in [-0.15, -0.1) is 0 Å². The molecule has 1 aromatic carbocycles. The van der Waals surface area contributed by atoms with Crippen LogP contribution in [0.15, 0.2) is 24.5 Å². The van der Waals surface area contributed by atoms with Gasteiger partial charge >= 0.3 is 0 Å². The van der Waals surface area contributed by atoms with Gasteiger partial charge in [-0.05, 0) is 43.9 Å². The van der Waals surface area contributed by atoms with Crippen LogP contribution < -0.4 is 5.32 Å². The summed E-state index contributed by atoms with van der Waals surface area (Å²) in [6.07, 6.45) is 6.45. The standard InChI is InChI=1S/C15H15IN4/c16-11-2-4-12(5-3-11)20-15-13-7-10(8-17)1-6-14(13)18-9-19-15/h1,6-7,9,11-12H,2-5H2,(H,18,19,20)/t11-,12-. The minimum absolute atomic E-state index is 0.477. The molecule has 0 saturated heterocycles. The van der Waals surface area contributed by atoms with Crippen molar-refractivity contribution in [2.45, 2.75) is 35.6 Å². The molecule has 0 unspecified atom stereocenters. The van der Waals surface area contributed by atoms with Gasteiger partial charge < -0.3 is 5.32 Å². The molecule has 0 atom stereocenters. The number of nitriles is 1. The molecule has 0 radical (unpaired) electrons. The second-order valence-corrected chi connectivity index (χ2v) is 6.92. The fourth-order valence-corrected chi connectivity index (χ4v) is 3.35. The summed E-state index contributed by atoms with van der Waals surface area (Å²) >= 11 is 2.53. The van der Waals surface area contributed by atoms with Crippen molar-refractivity contribution >= 4 is 39.3 Å². The zero-order chi connectivity index (χ0) is 13.9. The van der Waals surface area contributed by atoms with E-state index in [2.05, 4.69) is 43.9 Å². The number of rotatable bonds is 2. The highest BCUT2D eigenvalue weighted by Crippen LogP contribution is 2.28. The van der Waals surface area contributed by atoms with Gasteiger partial charge in [0, 0.05) is 15.4 Å². The number of benzene rings is 1. The monoisotopic (exact) mass is 378 g/mol. The van der Waals surface area contributed by atoms with E-state index in [4.69, 9.17) is 5.26 Å². The van der Waals surface area contributed by atoms with E-state index in [0.717, 1.165) is 20.6 Å². The lowest BCUT2D eigenvalue weighted by molar-refractivity contribution is 0.482. The van der Waals surface area contributed by atoms with Crippen LogP contribution in [0.1, 0.15) is 31.2 Å². The molecular formula is C15H15IN4. The lowest BCUT2D eigenvalue weighted by atomic mass is 9.95. The number of alkyl halides is 1. The Bertz CT molecular complexity index is 656. The Morgan fingerprint density at radius 1 is 1.20 bits per heavy atom. The Morgan fingerprint density at radius 3 is 2.75 bits per heavy atom. The average molecular weight is 378 g/mol. The summed E-state index contributed by atoms with van der Waals surface area (Å²) in [5.41, 5.74) is 1.52. The Kier molecular flexibility index (Phi) is 4.01. The van der Waals surface area contributed by atoms with Crippen molar-refractivity contribution in [3.63, 3.8) is 0 Å². The molecule has 1 aliphatic rings. The number of nitrogens with zero attached hydrogens (tertiary/aromatic N) is 3. The van der Waals surface area contributed by atoms with Gasteiger partial charge in [0.15, 0.2) is 0 Å². The summed E-state index contributed by atoms with van der Waals surface area (Å²) < 4.78 is 0.804. The largest absolute Gasteiger partial charge is 0.367 e. The normalized spacial score (nSPS) is 22.4. The van der Waals surface area contributed by atoms with Crippen molar-refractivity contribution in [1.82, 2.24) is 9.97 Å². The molecule has 20 heavy (non-hydrogen) atoms. The minimum Gasteiger partial charge on any atom is -0.367 e. The number of hydrogen-bond acceptors (Lipinski definition) is 4. The third-order valence-corrected chi connectivity index (χ3v) is 5.01. The third kappa shape index (κ3) is 2.85. The molecule has 0 aliphatic heterocycles. The van der Waals surface area contributed by atoms with Gasteiger partial charge in [-0.25, -0.2) is 9.97 Å². The molecule has 4 nitrogen and oxygen atoms in total. The van der Waals surface area contributed by atoms with Crippen LogP contribution in [0, 0.1) is 11.3 Å². The minimum atomic E-state index is 0.477. The Hall–Kier alpha value is -1.42. The number of hydrogen-bond donors (Lipinski definition) is 1. The molecule has 1 aliphatic carbocycles. The van der Waals surface area contributed by atoms with Gasteiger partial charge in [0.1, 0.15) is 12.1 Å². The van der Waals surface area contributed by atoms with Gasteiger partial charge in [-0.3, -0.25) is 0 Å². The Labute approximate surface area is 131 Å². The second kappa shape index (κ2) is 5.92. The van der Waals surface area contributed by atoms with Crippen LogP contribution in [0.5, 0.6) is 0 Å². The topological polar surface area (TPSA) is 61.6 Å². The van der Waals surface area contributed by atoms with E-state index in [0.29, 0.717) is 11.6 Å². The zero-order valence-corrected chi connectivity index (χ0v) is 13.2. The summed E-state index contributed by atoms with van der Waals surface area (Å²) in [6.45, 7) is 0. The molecule has 3 rings (SSSR count). The maximum atomic E-state index is 9.03. The maximum Gasteiger partial charge on any atom is 0.137 e. The van der Waals surface area contributed by atoms with Crippen LogP contribution in [-0.2, 0) is 0 Å². The molecule has 102 valence electrons. The van der Waals surface area contributed by atoms with Crippen LogP contribution in [-0.4, -0.2) is 19.9 Å². The smallest absolute Gasteiger partial charge is 0.137 e. The Balaban J connectivity index is 1.89. The van der Waals surface area contributed by atoms with E-state index in [1.165, 1.54) is 25.7 Å². The molecule has 1 fully saturated rings. The van der Waals surface area contributed by atoms with E-state index in [-0.39, 0.29) is 0 Å². The SMILES string of the molecule is N#Cc1ccc2ncnc(N[C@H]3CC[C@H](I)CC3)c2c1. The highest BCUT2D eigenvalue weighted by molar-refractivity contribution is 14.1. The van der Waals surface area contributed by atoms with Crippen LogP contribution in [0.25, 0.3) is 10.9 Å². The van der Waals surface area contributed by atoms with Crippen LogP contribution in [0.3, 0.4) is 0 Å². The summed E-state index contributed by atoms with van der Waals surface area (Å²) in [7, 11) is 0. The first-order valence-corrected chi connectivity index (χ1v) is 8.06. The van der Waals surface area contributed by atoms with E-state index >= 15 is 0 Å². The van der Waals surface area contributed by atoms with Crippen LogP contribution in [0.2, 0.25) is 0 Å². The van der Waals surface area contributed by atoms with Crippen LogP contribution in [0.4, 0.5) is 5.82 Å². The van der Waals surface area contributed by atoms with Gasteiger partial charge in [0.25, 0.3) is 0 Å². The fraction of sp³-hybridized carbons (Fsp3) is 0.400. The van der Waals surface area contributed by atoms with Crippen molar-refractivity contribution in [3.05, 3.63) is 30.1 Å². The van der Waals surface area contributed by atoms with Gasteiger partial charge in [0.05, 0.1) is 17.1 Å². The van der Waals surface area contributed by atoms with E-state index in [1.54, 1.807) is 12.4 Å². The number of aromatic nitrogens is 2. The number of nitrogens with one attached hydrogen (secondary N) is 1. The van der Waals surface area contributed by atoms with Gasteiger partial charge in [-0.1, -0.05) is 22.6 Å². The maximum absolute atomic E-state index is 9.03. The second-order valence-electron chi connectivity index (χ2n) is 5.16. The summed E-state index contributed by atoms with van der Waals surface area (Å²) in [4.78, 5) is 8.62. The summed E-state index contributed by atoms with van der Waals surface area (Å²) in [6, 6.07) is 8.18. The lowest BCUT2D eigenvalue weighted by Gasteiger charge is -2.26. The highest BCUT2D eigenvalue weighted by atomic mass is 127. The third-order valence-electron chi connectivity index (χ3n) is 3.76. The van der Waals surface area contributed by atoms with E-state index in [1.807, 2.05) is 12.1 Å². The highest BCUT2D eigenvalue weighted by Gasteiger charge is 2.19. The van der Waals surface area contributed by atoms with Crippen LogP contribution >= 0.6 is 22.6 Å². The van der Waals surface area contributed by atoms with Crippen molar-refractivity contribution in [1.29, 1.82) is 5.26 Å². The Morgan fingerprint density at radius 2 is 2.00 bits per heavy atom. The molecule has 0 bridgehead atoms. The van der Waals surface area contributed by atoms with Crippen molar-refractivity contribution in [2.24, 2.45) is 0 Å². The van der Waals surface area contributed by atoms with Crippen molar-refractivity contribution in [3.8, 4) is 6.07 Å². The molecular weight excluding hydrogens is 363 g/mol.